The molecule has 2 nitrogen and oxygen atoms in total. The van der Waals surface area contributed by atoms with Gasteiger partial charge in [0.25, 0.3) is 0 Å². The van der Waals surface area contributed by atoms with E-state index in [9.17, 15) is 0 Å². The number of benzene rings is 2. The third-order valence-corrected chi connectivity index (χ3v) is 4.60. The Balaban J connectivity index is 1.92. The molecular weight excluding hydrogens is 264 g/mol. The Morgan fingerprint density at radius 3 is 2.30 bits per heavy atom. The summed E-state index contributed by atoms with van der Waals surface area (Å²) >= 11 is 1.64. The molecule has 20 heavy (non-hydrogen) atoms. The Kier molecular flexibility index (Phi) is 3.53. The van der Waals surface area contributed by atoms with Crippen molar-refractivity contribution in [1.82, 2.24) is 0 Å². The SMILES string of the molecule is C[C@@]1(c2ccc(-c3ccccc3)cc2)CCSC(N)=N1. The van der Waals surface area contributed by atoms with Crippen LogP contribution in [0.1, 0.15) is 18.9 Å². The van der Waals surface area contributed by atoms with Crippen molar-refractivity contribution >= 4 is 16.9 Å². The summed E-state index contributed by atoms with van der Waals surface area (Å²) in [6.45, 7) is 2.16. The lowest BCUT2D eigenvalue weighted by Crippen LogP contribution is -2.28. The molecule has 0 aromatic heterocycles. The maximum absolute atomic E-state index is 5.88. The Morgan fingerprint density at radius 2 is 1.65 bits per heavy atom. The molecule has 0 spiro atoms. The maximum Gasteiger partial charge on any atom is 0.154 e. The fourth-order valence-corrected chi connectivity index (χ4v) is 3.52. The predicted octanol–water partition coefficient (Wildman–Crippen LogP) is 4.02. The Morgan fingerprint density at radius 1 is 1.00 bits per heavy atom. The van der Waals surface area contributed by atoms with Crippen LogP contribution < -0.4 is 5.73 Å². The average molecular weight is 282 g/mol. The summed E-state index contributed by atoms with van der Waals surface area (Å²) in [5.41, 5.74) is 9.42. The fraction of sp³-hybridized carbons (Fsp3) is 0.235. The van der Waals surface area contributed by atoms with Gasteiger partial charge in [0.2, 0.25) is 0 Å². The zero-order valence-electron chi connectivity index (χ0n) is 11.5. The molecule has 0 unspecified atom stereocenters. The van der Waals surface area contributed by atoms with E-state index in [1.165, 1.54) is 16.7 Å². The van der Waals surface area contributed by atoms with Gasteiger partial charge in [-0.05, 0) is 30.0 Å². The van der Waals surface area contributed by atoms with Crippen LogP contribution in [0.25, 0.3) is 11.1 Å². The third-order valence-electron chi connectivity index (χ3n) is 3.81. The first-order valence-electron chi connectivity index (χ1n) is 6.81. The van der Waals surface area contributed by atoms with Crippen LogP contribution in [0.3, 0.4) is 0 Å². The second-order valence-corrected chi connectivity index (χ2v) is 6.38. The van der Waals surface area contributed by atoms with Gasteiger partial charge in [0.1, 0.15) is 0 Å². The van der Waals surface area contributed by atoms with E-state index in [0.717, 1.165) is 12.2 Å². The van der Waals surface area contributed by atoms with Gasteiger partial charge in [-0.2, -0.15) is 0 Å². The van der Waals surface area contributed by atoms with Crippen molar-refractivity contribution in [3.8, 4) is 11.1 Å². The van der Waals surface area contributed by atoms with E-state index >= 15 is 0 Å². The first-order chi connectivity index (χ1) is 9.67. The molecule has 1 atom stereocenters. The number of thioether (sulfide) groups is 1. The lowest BCUT2D eigenvalue weighted by molar-refractivity contribution is 0.482. The van der Waals surface area contributed by atoms with Gasteiger partial charge in [-0.15, -0.1) is 0 Å². The quantitative estimate of drug-likeness (QED) is 0.903. The average Bonchev–Trinajstić information content (AvgIpc) is 2.48. The Labute approximate surface area is 124 Å². The highest BCUT2D eigenvalue weighted by Gasteiger charge is 2.29. The molecule has 0 aliphatic carbocycles. The van der Waals surface area contributed by atoms with Crippen LogP contribution in [-0.4, -0.2) is 10.9 Å². The summed E-state index contributed by atoms with van der Waals surface area (Å²) in [6, 6.07) is 19.1. The van der Waals surface area contributed by atoms with Gasteiger partial charge in [0.15, 0.2) is 5.17 Å². The molecule has 0 bridgehead atoms. The first kappa shape index (κ1) is 13.3. The normalized spacial score (nSPS) is 22.4. The number of hydrogen-bond acceptors (Lipinski definition) is 3. The summed E-state index contributed by atoms with van der Waals surface area (Å²) in [4.78, 5) is 4.64. The van der Waals surface area contributed by atoms with E-state index in [0.29, 0.717) is 5.17 Å². The number of hydrogen-bond donors (Lipinski definition) is 1. The molecule has 0 amide bonds. The van der Waals surface area contributed by atoms with Crippen molar-refractivity contribution in [2.75, 3.05) is 5.75 Å². The number of nitrogens with zero attached hydrogens (tertiary/aromatic N) is 1. The number of amidine groups is 1. The maximum atomic E-state index is 5.88. The van der Waals surface area contributed by atoms with Crippen molar-refractivity contribution in [3.63, 3.8) is 0 Å². The minimum absolute atomic E-state index is 0.176. The van der Waals surface area contributed by atoms with Gasteiger partial charge in [-0.3, -0.25) is 4.99 Å². The summed E-state index contributed by atoms with van der Waals surface area (Å²) in [5.74, 6) is 1.03. The summed E-state index contributed by atoms with van der Waals surface area (Å²) in [7, 11) is 0. The van der Waals surface area contributed by atoms with Gasteiger partial charge in [-0.25, -0.2) is 0 Å². The molecule has 0 saturated heterocycles. The van der Waals surface area contributed by atoms with Crippen LogP contribution in [0.5, 0.6) is 0 Å². The van der Waals surface area contributed by atoms with Crippen molar-refractivity contribution < 1.29 is 0 Å². The van der Waals surface area contributed by atoms with Crippen LogP contribution >= 0.6 is 11.8 Å². The van der Waals surface area contributed by atoms with Crippen LogP contribution in [0.2, 0.25) is 0 Å². The van der Waals surface area contributed by atoms with Crippen LogP contribution in [0.4, 0.5) is 0 Å². The molecule has 3 rings (SSSR count). The monoisotopic (exact) mass is 282 g/mol. The molecule has 0 fully saturated rings. The first-order valence-corrected chi connectivity index (χ1v) is 7.80. The summed E-state index contributed by atoms with van der Waals surface area (Å²) in [5, 5.41) is 0.700. The molecule has 1 aliphatic rings. The van der Waals surface area contributed by atoms with Gasteiger partial charge in [0.05, 0.1) is 5.54 Å². The van der Waals surface area contributed by atoms with Crippen LogP contribution in [-0.2, 0) is 5.54 Å². The zero-order chi connectivity index (χ0) is 14.0. The summed E-state index contributed by atoms with van der Waals surface area (Å²) < 4.78 is 0. The van der Waals surface area contributed by atoms with Gasteiger partial charge < -0.3 is 5.73 Å². The highest BCUT2D eigenvalue weighted by molar-refractivity contribution is 8.13. The molecule has 2 aromatic carbocycles. The molecule has 0 saturated carbocycles. The second kappa shape index (κ2) is 5.33. The van der Waals surface area contributed by atoms with E-state index < -0.39 is 0 Å². The standard InChI is InChI=1S/C17H18N2S/c1-17(11-12-20-16(18)19-17)15-9-7-14(8-10-15)13-5-3-2-4-6-13/h2-10H,11-12H2,1H3,(H2,18,19)/t17-/m0/s1. The number of aliphatic imine (C=N–C) groups is 1. The highest BCUT2D eigenvalue weighted by Crippen LogP contribution is 2.35. The zero-order valence-corrected chi connectivity index (χ0v) is 12.4. The largest absolute Gasteiger partial charge is 0.379 e. The van der Waals surface area contributed by atoms with Crippen molar-refractivity contribution in [2.24, 2.45) is 10.7 Å². The minimum atomic E-state index is -0.176. The van der Waals surface area contributed by atoms with Crippen LogP contribution in [0, 0.1) is 0 Å². The smallest absolute Gasteiger partial charge is 0.154 e. The number of nitrogens with two attached hydrogens (primary N) is 1. The molecule has 3 heteroatoms. The fourth-order valence-electron chi connectivity index (χ4n) is 2.55. The topological polar surface area (TPSA) is 38.4 Å². The summed E-state index contributed by atoms with van der Waals surface area (Å²) in [6.07, 6.45) is 1.03. The Hall–Kier alpha value is -1.74. The lowest BCUT2D eigenvalue weighted by Gasteiger charge is -2.29. The van der Waals surface area contributed by atoms with E-state index in [1.54, 1.807) is 11.8 Å². The molecule has 2 aromatic rings. The lowest BCUT2D eigenvalue weighted by atomic mass is 9.88. The predicted molar refractivity (Wildman–Crippen MR) is 87.9 cm³/mol. The Bertz CT molecular complexity index is 619. The van der Waals surface area contributed by atoms with Crippen LogP contribution in [0.15, 0.2) is 59.6 Å². The molecule has 102 valence electrons. The molecule has 0 radical (unpaired) electrons. The third kappa shape index (κ3) is 2.59. The molecule has 2 N–H and O–H groups in total. The second-order valence-electron chi connectivity index (χ2n) is 5.27. The van der Waals surface area contributed by atoms with E-state index in [4.69, 9.17) is 5.73 Å². The molecule has 1 heterocycles. The highest BCUT2D eigenvalue weighted by atomic mass is 32.2. The van der Waals surface area contributed by atoms with Crippen molar-refractivity contribution in [3.05, 3.63) is 60.2 Å². The molecular formula is C17H18N2S. The van der Waals surface area contributed by atoms with Crippen molar-refractivity contribution in [2.45, 2.75) is 18.9 Å². The van der Waals surface area contributed by atoms with Gasteiger partial charge in [0, 0.05) is 5.75 Å². The van der Waals surface area contributed by atoms with Gasteiger partial charge in [-0.1, -0.05) is 66.4 Å². The van der Waals surface area contributed by atoms with E-state index in [2.05, 4.69) is 60.4 Å². The van der Waals surface area contributed by atoms with Crippen molar-refractivity contribution in [1.29, 1.82) is 0 Å². The van der Waals surface area contributed by atoms with Gasteiger partial charge >= 0.3 is 0 Å². The number of rotatable bonds is 2. The minimum Gasteiger partial charge on any atom is -0.379 e. The van der Waals surface area contributed by atoms with E-state index in [-0.39, 0.29) is 5.54 Å². The molecule has 1 aliphatic heterocycles. The van der Waals surface area contributed by atoms with E-state index in [1.807, 2.05) is 6.07 Å².